The molecule has 0 unspecified atom stereocenters. The number of hydrazine groups is 1. The number of rotatable bonds is 3. The maximum Gasteiger partial charge on any atom is 0.0809 e. The van der Waals surface area contributed by atoms with Crippen molar-refractivity contribution in [3.8, 4) is 0 Å². The van der Waals surface area contributed by atoms with Gasteiger partial charge >= 0.3 is 0 Å². The zero-order valence-corrected chi connectivity index (χ0v) is 12.5. The van der Waals surface area contributed by atoms with Crippen molar-refractivity contribution >= 4 is 0 Å². The second kappa shape index (κ2) is 8.93. The van der Waals surface area contributed by atoms with E-state index in [1.54, 1.807) is 5.17 Å². The molecule has 2 rings (SSSR count). The van der Waals surface area contributed by atoms with Gasteiger partial charge in [-0.1, -0.05) is 64.2 Å². The van der Waals surface area contributed by atoms with Gasteiger partial charge in [-0.25, -0.2) is 5.84 Å². The molecule has 3 heteroatoms. The van der Waals surface area contributed by atoms with E-state index < -0.39 is 0 Å². The summed E-state index contributed by atoms with van der Waals surface area (Å²) in [5.41, 5.74) is 0. The molecule has 0 saturated heterocycles. The van der Waals surface area contributed by atoms with E-state index in [4.69, 9.17) is 10.7 Å². The van der Waals surface area contributed by atoms with Crippen molar-refractivity contribution < 1.29 is 4.84 Å². The van der Waals surface area contributed by atoms with Gasteiger partial charge in [0.25, 0.3) is 0 Å². The van der Waals surface area contributed by atoms with Gasteiger partial charge in [0.15, 0.2) is 0 Å². The van der Waals surface area contributed by atoms with Crippen LogP contribution < -0.4 is 5.84 Å². The summed E-state index contributed by atoms with van der Waals surface area (Å²) in [7, 11) is 0. The predicted molar refractivity (Wildman–Crippen MR) is 79.3 cm³/mol. The van der Waals surface area contributed by atoms with Gasteiger partial charge < -0.3 is 0 Å². The molecule has 112 valence electrons. The van der Waals surface area contributed by atoms with E-state index in [1.165, 1.54) is 89.9 Å². The number of hydrogen-bond donors (Lipinski definition) is 1. The average molecular weight is 268 g/mol. The monoisotopic (exact) mass is 268 g/mol. The van der Waals surface area contributed by atoms with Gasteiger partial charge in [0.1, 0.15) is 0 Å². The minimum absolute atomic E-state index is 0.371. The van der Waals surface area contributed by atoms with E-state index in [-0.39, 0.29) is 0 Å². The lowest BCUT2D eigenvalue weighted by Gasteiger charge is -2.32. The molecular formula is C16H32N2O. The topological polar surface area (TPSA) is 38.5 Å². The molecule has 0 radical (unpaired) electrons. The fourth-order valence-corrected chi connectivity index (χ4v) is 3.47. The molecule has 2 saturated carbocycles. The van der Waals surface area contributed by atoms with Crippen LogP contribution >= 0.6 is 0 Å². The zero-order chi connectivity index (χ0) is 13.3. The van der Waals surface area contributed by atoms with Crippen LogP contribution in [0.1, 0.15) is 89.9 Å². The average Bonchev–Trinajstić information content (AvgIpc) is 2.31. The third kappa shape index (κ3) is 5.80. The highest BCUT2D eigenvalue weighted by atomic mass is 16.7. The van der Waals surface area contributed by atoms with Crippen molar-refractivity contribution in [3.05, 3.63) is 0 Å². The number of nitrogens with two attached hydrogens (primary N) is 1. The molecule has 0 heterocycles. The number of nitrogens with zero attached hydrogens (tertiary/aromatic N) is 1. The molecule has 0 amide bonds. The summed E-state index contributed by atoms with van der Waals surface area (Å²) < 4.78 is 0. The van der Waals surface area contributed by atoms with Crippen LogP contribution in [0.2, 0.25) is 0 Å². The van der Waals surface area contributed by atoms with Crippen molar-refractivity contribution in [1.29, 1.82) is 0 Å². The molecule has 0 spiro atoms. The van der Waals surface area contributed by atoms with Crippen LogP contribution in [0.25, 0.3) is 0 Å². The molecule has 0 atom stereocenters. The van der Waals surface area contributed by atoms with Gasteiger partial charge in [0, 0.05) is 0 Å². The first-order valence-corrected chi connectivity index (χ1v) is 8.57. The SMILES string of the molecule is NN(OC1CCCCCCC1)C1CCCCCCC1. The molecule has 2 fully saturated rings. The predicted octanol–water partition coefficient (Wildman–Crippen LogP) is 4.32. The first kappa shape index (κ1) is 15.3. The quantitative estimate of drug-likeness (QED) is 0.612. The van der Waals surface area contributed by atoms with Crippen molar-refractivity contribution in [2.45, 2.75) is 102 Å². The first-order chi connectivity index (χ1) is 9.36. The lowest BCUT2D eigenvalue weighted by molar-refractivity contribution is -0.231. The summed E-state index contributed by atoms with van der Waals surface area (Å²) in [4.78, 5) is 6.07. The summed E-state index contributed by atoms with van der Waals surface area (Å²) in [6, 6.07) is 0.450. The largest absolute Gasteiger partial charge is 0.281 e. The Labute approximate surface area is 118 Å². The summed E-state index contributed by atoms with van der Waals surface area (Å²) in [6.45, 7) is 0. The van der Waals surface area contributed by atoms with Gasteiger partial charge in [0.2, 0.25) is 0 Å². The standard InChI is InChI=1S/C16H32N2O/c17-18(15-11-7-3-1-4-8-12-15)19-16-13-9-5-2-6-10-14-16/h15-16H,1-14,17H2. The van der Waals surface area contributed by atoms with Crippen LogP contribution in [0, 0.1) is 0 Å². The van der Waals surface area contributed by atoms with Gasteiger partial charge in [-0.2, -0.15) is 0 Å². The van der Waals surface area contributed by atoms with Crippen molar-refractivity contribution in [2.75, 3.05) is 0 Å². The van der Waals surface area contributed by atoms with E-state index in [0.717, 1.165) is 0 Å². The molecule has 0 aromatic heterocycles. The van der Waals surface area contributed by atoms with E-state index >= 15 is 0 Å². The molecule has 2 aliphatic carbocycles. The Morgan fingerprint density at radius 3 is 1.58 bits per heavy atom. The summed E-state index contributed by atoms with van der Waals surface area (Å²) >= 11 is 0. The van der Waals surface area contributed by atoms with Crippen LogP contribution in [-0.2, 0) is 4.84 Å². The minimum atomic E-state index is 0.371. The second-order valence-corrected chi connectivity index (χ2v) is 6.43. The summed E-state index contributed by atoms with van der Waals surface area (Å²) in [5, 5.41) is 1.73. The molecule has 0 aromatic carbocycles. The highest BCUT2D eigenvalue weighted by molar-refractivity contribution is 4.68. The highest BCUT2D eigenvalue weighted by Crippen LogP contribution is 2.23. The normalized spacial score (nSPS) is 25.6. The fourth-order valence-electron chi connectivity index (χ4n) is 3.47. The van der Waals surface area contributed by atoms with Crippen molar-refractivity contribution in [2.24, 2.45) is 5.84 Å². The van der Waals surface area contributed by atoms with E-state index in [9.17, 15) is 0 Å². The highest BCUT2D eigenvalue weighted by Gasteiger charge is 2.21. The molecule has 3 nitrogen and oxygen atoms in total. The van der Waals surface area contributed by atoms with Crippen molar-refractivity contribution in [1.82, 2.24) is 5.17 Å². The fraction of sp³-hybridized carbons (Fsp3) is 1.00. The summed E-state index contributed by atoms with van der Waals surface area (Å²) in [5.74, 6) is 6.20. The van der Waals surface area contributed by atoms with Crippen LogP contribution in [0.4, 0.5) is 0 Å². The third-order valence-corrected chi connectivity index (χ3v) is 4.76. The Kier molecular flexibility index (Phi) is 7.18. The molecule has 2 N–H and O–H groups in total. The van der Waals surface area contributed by atoms with E-state index in [0.29, 0.717) is 12.1 Å². The molecule has 19 heavy (non-hydrogen) atoms. The molecule has 0 aliphatic heterocycles. The van der Waals surface area contributed by atoms with Crippen LogP contribution in [0.15, 0.2) is 0 Å². The third-order valence-electron chi connectivity index (χ3n) is 4.76. The Balaban J connectivity index is 1.75. The Hall–Kier alpha value is -0.120. The number of hydrogen-bond acceptors (Lipinski definition) is 3. The maximum absolute atomic E-state index is 6.20. The maximum atomic E-state index is 6.20. The Morgan fingerprint density at radius 1 is 0.632 bits per heavy atom. The van der Waals surface area contributed by atoms with Crippen LogP contribution in [0.5, 0.6) is 0 Å². The molecular weight excluding hydrogens is 236 g/mol. The second-order valence-electron chi connectivity index (χ2n) is 6.43. The molecule has 0 bridgehead atoms. The smallest absolute Gasteiger partial charge is 0.0809 e. The van der Waals surface area contributed by atoms with Gasteiger partial charge in [-0.15, -0.1) is 5.17 Å². The Morgan fingerprint density at radius 2 is 1.05 bits per heavy atom. The van der Waals surface area contributed by atoms with Crippen molar-refractivity contribution in [3.63, 3.8) is 0 Å². The van der Waals surface area contributed by atoms with Crippen LogP contribution in [-0.4, -0.2) is 17.3 Å². The molecule has 2 aliphatic rings. The van der Waals surface area contributed by atoms with Gasteiger partial charge in [0.05, 0.1) is 12.1 Å². The van der Waals surface area contributed by atoms with Crippen LogP contribution in [0.3, 0.4) is 0 Å². The van der Waals surface area contributed by atoms with E-state index in [2.05, 4.69) is 0 Å². The lowest BCUT2D eigenvalue weighted by atomic mass is 9.97. The summed E-state index contributed by atoms with van der Waals surface area (Å²) in [6.07, 6.45) is 18.7. The lowest BCUT2D eigenvalue weighted by Crippen LogP contribution is -2.44. The first-order valence-electron chi connectivity index (χ1n) is 8.57. The minimum Gasteiger partial charge on any atom is -0.281 e. The van der Waals surface area contributed by atoms with Gasteiger partial charge in [-0.05, 0) is 25.7 Å². The zero-order valence-electron chi connectivity index (χ0n) is 12.5. The van der Waals surface area contributed by atoms with E-state index in [1.807, 2.05) is 0 Å². The van der Waals surface area contributed by atoms with Gasteiger partial charge in [-0.3, -0.25) is 4.84 Å². The molecule has 0 aromatic rings. The number of hydroxylamine groups is 1. The Bertz CT molecular complexity index is 219.